The summed E-state index contributed by atoms with van der Waals surface area (Å²) >= 11 is 0. The number of ether oxygens (including phenoxy) is 4. The van der Waals surface area contributed by atoms with E-state index in [0.717, 1.165) is 10.9 Å². The zero-order valence-electron chi connectivity index (χ0n) is 17.9. The molecule has 6 rings (SSSR count). The van der Waals surface area contributed by atoms with Crippen molar-refractivity contribution in [1.29, 1.82) is 0 Å². The first-order chi connectivity index (χ1) is 16.6. The number of hydrogen-bond acceptors (Lipinski definition) is 6. The van der Waals surface area contributed by atoms with Crippen molar-refractivity contribution in [3.8, 4) is 34.1 Å². The lowest BCUT2D eigenvalue weighted by molar-refractivity contribution is -0.136. The molecule has 2 aliphatic rings. The minimum atomic E-state index is -1.08. The molecule has 8 heteroatoms. The monoisotopic (exact) mass is 457 g/mol. The number of carboxylic acids is 1. The van der Waals surface area contributed by atoms with Crippen LogP contribution in [0.4, 0.5) is 0 Å². The van der Waals surface area contributed by atoms with Gasteiger partial charge in [0.25, 0.3) is 5.56 Å². The smallest absolute Gasteiger partial charge is 0.308 e. The highest BCUT2D eigenvalue weighted by atomic mass is 16.7. The Kier molecular flexibility index (Phi) is 4.65. The molecule has 0 spiro atoms. The Labute approximate surface area is 193 Å². The van der Waals surface area contributed by atoms with E-state index in [0.29, 0.717) is 39.6 Å². The number of para-hydroxylation sites is 1. The molecule has 0 fully saturated rings. The Morgan fingerprint density at radius 1 is 0.853 bits per heavy atom. The summed E-state index contributed by atoms with van der Waals surface area (Å²) in [6, 6.07) is 18.4. The second-order valence-electron chi connectivity index (χ2n) is 8.09. The molecule has 0 saturated carbocycles. The van der Waals surface area contributed by atoms with Gasteiger partial charge in [-0.25, -0.2) is 0 Å². The summed E-state index contributed by atoms with van der Waals surface area (Å²) in [7, 11) is 0. The van der Waals surface area contributed by atoms with Gasteiger partial charge < -0.3 is 28.6 Å². The Bertz CT molecular complexity index is 1520. The number of carbonyl (C=O) groups is 1. The zero-order valence-corrected chi connectivity index (χ0v) is 17.9. The molecule has 0 unspecified atom stereocenters. The van der Waals surface area contributed by atoms with Crippen molar-refractivity contribution >= 4 is 16.9 Å². The number of rotatable bonds is 5. The highest BCUT2D eigenvalue weighted by molar-refractivity contribution is 5.98. The summed E-state index contributed by atoms with van der Waals surface area (Å²) in [5.74, 6) is 1.38. The molecular formula is C26H19NO7. The van der Waals surface area contributed by atoms with Gasteiger partial charge in [-0.1, -0.05) is 30.3 Å². The maximum atomic E-state index is 13.8. The SMILES string of the molecule is O=C(O)Cc1c(-c2ccc3c(c2)OCO3)c2ccccc2n(Cc2ccc3c(c2)OCO3)c1=O. The number of nitrogens with zero attached hydrogens (tertiary/aromatic N) is 1. The molecule has 2 aliphatic heterocycles. The molecule has 34 heavy (non-hydrogen) atoms. The number of aromatic nitrogens is 1. The molecule has 0 amide bonds. The summed E-state index contributed by atoms with van der Waals surface area (Å²) in [5, 5.41) is 10.4. The molecule has 0 atom stereocenters. The van der Waals surface area contributed by atoms with Crippen molar-refractivity contribution in [3.05, 3.63) is 82.1 Å². The van der Waals surface area contributed by atoms with Gasteiger partial charge in [-0.3, -0.25) is 9.59 Å². The average Bonchev–Trinajstić information content (AvgIpc) is 3.50. The standard InChI is InChI=1S/C26H19NO7/c28-24(29)11-18-25(16-6-8-21-23(10-16)34-14-32-21)17-3-1-2-4-19(17)27(26(18)30)12-15-5-7-20-22(9-15)33-13-31-20/h1-10H,11-14H2,(H,28,29). The third-order valence-electron chi connectivity index (χ3n) is 6.04. The molecule has 0 saturated heterocycles. The molecule has 1 N–H and O–H groups in total. The van der Waals surface area contributed by atoms with Crippen LogP contribution in [0.1, 0.15) is 11.1 Å². The third kappa shape index (κ3) is 3.31. The number of hydrogen-bond donors (Lipinski definition) is 1. The number of pyridine rings is 1. The Morgan fingerprint density at radius 3 is 2.29 bits per heavy atom. The van der Waals surface area contributed by atoms with E-state index in [4.69, 9.17) is 18.9 Å². The minimum Gasteiger partial charge on any atom is -0.481 e. The van der Waals surface area contributed by atoms with Gasteiger partial charge in [-0.2, -0.15) is 0 Å². The fraction of sp³-hybridized carbons (Fsp3) is 0.154. The van der Waals surface area contributed by atoms with E-state index < -0.39 is 12.4 Å². The van der Waals surface area contributed by atoms with E-state index in [1.54, 1.807) is 16.7 Å². The van der Waals surface area contributed by atoms with Crippen LogP contribution in [0.5, 0.6) is 23.0 Å². The highest BCUT2D eigenvalue weighted by Crippen LogP contribution is 2.39. The van der Waals surface area contributed by atoms with E-state index in [-0.39, 0.29) is 31.3 Å². The molecule has 4 aromatic rings. The summed E-state index contributed by atoms with van der Waals surface area (Å²) in [5.41, 5.74) is 2.69. The third-order valence-corrected chi connectivity index (χ3v) is 6.04. The van der Waals surface area contributed by atoms with Gasteiger partial charge >= 0.3 is 5.97 Å². The van der Waals surface area contributed by atoms with Gasteiger partial charge in [0.2, 0.25) is 13.6 Å². The van der Waals surface area contributed by atoms with Crippen LogP contribution in [0.25, 0.3) is 22.0 Å². The van der Waals surface area contributed by atoms with E-state index in [1.807, 2.05) is 48.5 Å². The number of fused-ring (bicyclic) bond motifs is 3. The molecule has 0 radical (unpaired) electrons. The maximum absolute atomic E-state index is 13.8. The van der Waals surface area contributed by atoms with Crippen LogP contribution in [0.3, 0.4) is 0 Å². The fourth-order valence-corrected chi connectivity index (χ4v) is 4.54. The molecule has 8 nitrogen and oxygen atoms in total. The molecular weight excluding hydrogens is 438 g/mol. The Morgan fingerprint density at radius 2 is 1.53 bits per heavy atom. The van der Waals surface area contributed by atoms with Crippen molar-refractivity contribution in [1.82, 2.24) is 4.57 Å². The van der Waals surface area contributed by atoms with Gasteiger partial charge in [0, 0.05) is 16.5 Å². The second-order valence-corrected chi connectivity index (χ2v) is 8.09. The number of benzene rings is 3. The van der Waals surface area contributed by atoms with Crippen molar-refractivity contribution < 1.29 is 28.8 Å². The molecule has 0 bridgehead atoms. The van der Waals surface area contributed by atoms with E-state index in [2.05, 4.69) is 0 Å². The predicted octanol–water partition coefficient (Wildman–Crippen LogP) is 3.80. The van der Waals surface area contributed by atoms with Crippen molar-refractivity contribution in [2.24, 2.45) is 0 Å². The second kappa shape index (κ2) is 7.84. The summed E-state index contributed by atoms with van der Waals surface area (Å²) in [6.45, 7) is 0.539. The predicted molar refractivity (Wildman–Crippen MR) is 123 cm³/mol. The van der Waals surface area contributed by atoms with Crippen LogP contribution < -0.4 is 24.5 Å². The Balaban J connectivity index is 1.57. The maximum Gasteiger partial charge on any atom is 0.308 e. The molecule has 1 aromatic heterocycles. The number of carboxylic acid groups (broad SMARTS) is 1. The van der Waals surface area contributed by atoms with E-state index >= 15 is 0 Å². The lowest BCUT2D eigenvalue weighted by atomic mass is 9.93. The van der Waals surface area contributed by atoms with Crippen LogP contribution >= 0.6 is 0 Å². The zero-order chi connectivity index (χ0) is 23.2. The topological polar surface area (TPSA) is 96.2 Å². The van der Waals surface area contributed by atoms with Crippen LogP contribution in [0.15, 0.2) is 65.5 Å². The van der Waals surface area contributed by atoms with Gasteiger partial charge in [-0.15, -0.1) is 0 Å². The lowest BCUT2D eigenvalue weighted by Gasteiger charge is -2.18. The van der Waals surface area contributed by atoms with Gasteiger partial charge in [0.15, 0.2) is 23.0 Å². The average molecular weight is 457 g/mol. The highest BCUT2D eigenvalue weighted by Gasteiger charge is 2.23. The van der Waals surface area contributed by atoms with Crippen LogP contribution in [-0.2, 0) is 17.8 Å². The molecule has 3 heterocycles. The Hall–Kier alpha value is -4.46. The van der Waals surface area contributed by atoms with E-state index in [1.165, 1.54) is 0 Å². The largest absolute Gasteiger partial charge is 0.481 e. The first-order valence-electron chi connectivity index (χ1n) is 10.7. The molecule has 3 aromatic carbocycles. The van der Waals surface area contributed by atoms with Crippen molar-refractivity contribution in [2.75, 3.05) is 13.6 Å². The van der Waals surface area contributed by atoms with Gasteiger partial charge in [0.05, 0.1) is 18.5 Å². The summed E-state index contributed by atoms with van der Waals surface area (Å²) in [6.07, 6.45) is -0.408. The van der Waals surface area contributed by atoms with Gasteiger partial charge in [0.1, 0.15) is 0 Å². The molecule has 170 valence electrons. The normalized spacial score (nSPS) is 13.4. The summed E-state index contributed by atoms with van der Waals surface area (Å²) in [4.78, 5) is 25.6. The minimum absolute atomic E-state index is 0.124. The number of aliphatic carboxylic acids is 1. The quantitative estimate of drug-likeness (QED) is 0.487. The first-order valence-corrected chi connectivity index (χ1v) is 10.7. The van der Waals surface area contributed by atoms with Crippen molar-refractivity contribution in [2.45, 2.75) is 13.0 Å². The van der Waals surface area contributed by atoms with E-state index in [9.17, 15) is 14.7 Å². The molecule has 0 aliphatic carbocycles. The van der Waals surface area contributed by atoms with Crippen LogP contribution in [0, 0.1) is 0 Å². The van der Waals surface area contributed by atoms with Crippen molar-refractivity contribution in [3.63, 3.8) is 0 Å². The fourth-order valence-electron chi connectivity index (χ4n) is 4.54. The van der Waals surface area contributed by atoms with Crippen LogP contribution in [-0.4, -0.2) is 29.2 Å². The van der Waals surface area contributed by atoms with Gasteiger partial charge in [-0.05, 0) is 41.5 Å². The lowest BCUT2D eigenvalue weighted by Crippen LogP contribution is -2.27. The summed E-state index contributed by atoms with van der Waals surface area (Å²) < 4.78 is 23.4. The first kappa shape index (κ1) is 20.2. The van der Waals surface area contributed by atoms with Crippen LogP contribution in [0.2, 0.25) is 0 Å².